The van der Waals surface area contributed by atoms with Gasteiger partial charge in [-0.3, -0.25) is 9.10 Å². The Morgan fingerprint density at radius 1 is 1.24 bits per heavy atom. The van der Waals surface area contributed by atoms with Crippen LogP contribution in [-0.2, 0) is 19.6 Å². The minimum absolute atomic E-state index is 0.339. The standard InChI is InChI=1S/C14H21NO4S2/c1-14(2,3)19-13(16)10-15(21(5,17)18)11-6-8-12(20-4)9-7-11/h6-9H,10H2,1-5H3. The number of hydrogen-bond acceptors (Lipinski definition) is 5. The lowest BCUT2D eigenvalue weighted by molar-refractivity contribution is -0.152. The number of anilines is 1. The normalized spacial score (nSPS) is 12.0. The first-order valence-corrected chi connectivity index (χ1v) is 9.44. The molecule has 0 N–H and O–H groups in total. The molecule has 1 rings (SSSR count). The first-order chi connectivity index (χ1) is 9.53. The minimum Gasteiger partial charge on any atom is -0.459 e. The van der Waals surface area contributed by atoms with E-state index >= 15 is 0 Å². The molecule has 0 saturated heterocycles. The van der Waals surface area contributed by atoms with Gasteiger partial charge in [0.1, 0.15) is 12.1 Å². The summed E-state index contributed by atoms with van der Waals surface area (Å²) in [5.74, 6) is -0.582. The zero-order valence-corrected chi connectivity index (χ0v) is 14.5. The van der Waals surface area contributed by atoms with E-state index in [0.29, 0.717) is 5.69 Å². The van der Waals surface area contributed by atoms with Gasteiger partial charge in [0.05, 0.1) is 11.9 Å². The molecule has 0 aliphatic carbocycles. The molecule has 0 saturated carbocycles. The molecular formula is C14H21NO4S2. The zero-order valence-electron chi connectivity index (χ0n) is 12.9. The van der Waals surface area contributed by atoms with E-state index < -0.39 is 21.6 Å². The Hall–Kier alpha value is -1.21. The van der Waals surface area contributed by atoms with Gasteiger partial charge in [0.25, 0.3) is 0 Å². The molecular weight excluding hydrogens is 310 g/mol. The lowest BCUT2D eigenvalue weighted by Gasteiger charge is -2.25. The van der Waals surface area contributed by atoms with Gasteiger partial charge in [0, 0.05) is 4.90 Å². The van der Waals surface area contributed by atoms with E-state index in [2.05, 4.69) is 0 Å². The van der Waals surface area contributed by atoms with Gasteiger partial charge in [-0.05, 0) is 51.3 Å². The monoisotopic (exact) mass is 331 g/mol. The minimum atomic E-state index is -3.56. The first kappa shape index (κ1) is 17.8. The van der Waals surface area contributed by atoms with E-state index in [1.807, 2.05) is 18.4 Å². The Kier molecular flexibility index (Phi) is 5.69. The van der Waals surface area contributed by atoms with Crippen molar-refractivity contribution < 1.29 is 17.9 Å². The average Bonchev–Trinajstić information content (AvgIpc) is 2.33. The van der Waals surface area contributed by atoms with Crippen LogP contribution in [0.5, 0.6) is 0 Å². The third kappa shape index (κ3) is 5.97. The van der Waals surface area contributed by atoms with Crippen molar-refractivity contribution in [1.82, 2.24) is 0 Å². The smallest absolute Gasteiger partial charge is 0.327 e. The summed E-state index contributed by atoms with van der Waals surface area (Å²) in [5, 5.41) is 0. The summed E-state index contributed by atoms with van der Waals surface area (Å²) >= 11 is 1.56. The van der Waals surface area contributed by atoms with Crippen LogP contribution >= 0.6 is 11.8 Å². The molecule has 0 bridgehead atoms. The van der Waals surface area contributed by atoms with Crippen LogP contribution in [0, 0.1) is 0 Å². The number of thioether (sulfide) groups is 1. The van der Waals surface area contributed by atoms with E-state index in [0.717, 1.165) is 15.5 Å². The number of ether oxygens (including phenoxy) is 1. The summed E-state index contributed by atoms with van der Waals surface area (Å²) < 4.78 is 30.0. The van der Waals surface area contributed by atoms with Crippen LogP contribution in [0.1, 0.15) is 20.8 Å². The number of carbonyl (C=O) groups is 1. The summed E-state index contributed by atoms with van der Waals surface area (Å²) in [5.41, 5.74) is -0.204. The van der Waals surface area contributed by atoms with Crippen molar-refractivity contribution in [3.63, 3.8) is 0 Å². The van der Waals surface area contributed by atoms with Crippen LogP contribution in [0.4, 0.5) is 5.69 Å². The van der Waals surface area contributed by atoms with Gasteiger partial charge in [-0.2, -0.15) is 0 Å². The number of carbonyl (C=O) groups excluding carboxylic acids is 1. The van der Waals surface area contributed by atoms with Crippen molar-refractivity contribution in [3.05, 3.63) is 24.3 Å². The average molecular weight is 331 g/mol. The highest BCUT2D eigenvalue weighted by Gasteiger charge is 2.24. The van der Waals surface area contributed by atoms with Crippen LogP contribution < -0.4 is 4.31 Å². The van der Waals surface area contributed by atoms with Gasteiger partial charge in [-0.1, -0.05) is 0 Å². The Morgan fingerprint density at radius 2 is 1.76 bits per heavy atom. The Morgan fingerprint density at radius 3 is 2.14 bits per heavy atom. The fourth-order valence-corrected chi connectivity index (χ4v) is 2.89. The molecule has 21 heavy (non-hydrogen) atoms. The lowest BCUT2D eigenvalue weighted by Crippen LogP contribution is -2.38. The predicted octanol–water partition coefficient (Wildman–Crippen LogP) is 2.52. The number of rotatable bonds is 5. The third-order valence-corrected chi connectivity index (χ3v) is 4.34. The second-order valence-electron chi connectivity index (χ2n) is 5.55. The summed E-state index contributed by atoms with van der Waals surface area (Å²) in [7, 11) is -3.56. The fraction of sp³-hybridized carbons (Fsp3) is 0.500. The number of esters is 1. The molecule has 1 aromatic rings. The maximum Gasteiger partial charge on any atom is 0.327 e. The highest BCUT2D eigenvalue weighted by atomic mass is 32.2. The van der Waals surface area contributed by atoms with E-state index in [1.54, 1.807) is 44.7 Å². The van der Waals surface area contributed by atoms with Crippen molar-refractivity contribution in [3.8, 4) is 0 Å². The SMILES string of the molecule is CSc1ccc(N(CC(=O)OC(C)(C)C)S(C)(=O)=O)cc1. The summed E-state index contributed by atoms with van der Waals surface area (Å²) in [6, 6.07) is 6.98. The van der Waals surface area contributed by atoms with E-state index in [1.165, 1.54) is 0 Å². The topological polar surface area (TPSA) is 63.7 Å². The molecule has 0 aliphatic heterocycles. The van der Waals surface area contributed by atoms with E-state index in [4.69, 9.17) is 4.74 Å². The maximum atomic E-state index is 11.9. The predicted molar refractivity (Wildman–Crippen MR) is 86.3 cm³/mol. The number of sulfonamides is 1. The van der Waals surface area contributed by atoms with Gasteiger partial charge >= 0.3 is 5.97 Å². The van der Waals surface area contributed by atoms with Crippen molar-refractivity contribution >= 4 is 33.4 Å². The zero-order chi connectivity index (χ0) is 16.3. The van der Waals surface area contributed by atoms with Crippen molar-refractivity contribution in [1.29, 1.82) is 0 Å². The van der Waals surface area contributed by atoms with E-state index in [9.17, 15) is 13.2 Å². The van der Waals surface area contributed by atoms with Crippen LogP contribution in [0.2, 0.25) is 0 Å². The van der Waals surface area contributed by atoms with Gasteiger partial charge in [0.2, 0.25) is 10.0 Å². The molecule has 5 nitrogen and oxygen atoms in total. The summed E-state index contributed by atoms with van der Waals surface area (Å²) in [6.07, 6.45) is 3.00. The lowest BCUT2D eigenvalue weighted by atomic mass is 10.2. The number of hydrogen-bond donors (Lipinski definition) is 0. The summed E-state index contributed by atoms with van der Waals surface area (Å²) in [4.78, 5) is 12.9. The molecule has 0 aliphatic rings. The van der Waals surface area contributed by atoms with Crippen LogP contribution in [0.3, 0.4) is 0 Å². The van der Waals surface area contributed by atoms with Gasteiger partial charge in [-0.25, -0.2) is 8.42 Å². The third-order valence-electron chi connectivity index (χ3n) is 2.45. The number of benzene rings is 1. The Bertz CT molecular complexity index is 588. The molecule has 0 heterocycles. The first-order valence-electron chi connectivity index (χ1n) is 6.36. The molecule has 0 fully saturated rings. The van der Waals surface area contributed by atoms with Crippen LogP contribution in [-0.4, -0.2) is 39.0 Å². The summed E-state index contributed by atoms with van der Waals surface area (Å²) in [6.45, 7) is 4.88. The molecule has 0 spiro atoms. The largest absolute Gasteiger partial charge is 0.459 e. The Balaban J connectivity index is 2.99. The second kappa shape index (κ2) is 6.70. The maximum absolute atomic E-state index is 11.9. The molecule has 0 aromatic heterocycles. The quantitative estimate of drug-likeness (QED) is 0.613. The highest BCUT2D eigenvalue weighted by molar-refractivity contribution is 7.98. The Labute approximate surface area is 130 Å². The van der Waals surface area contributed by atoms with Crippen LogP contribution in [0.25, 0.3) is 0 Å². The molecule has 0 unspecified atom stereocenters. The molecule has 0 amide bonds. The molecule has 7 heteroatoms. The van der Waals surface area contributed by atoms with Crippen molar-refractivity contribution in [2.24, 2.45) is 0 Å². The van der Waals surface area contributed by atoms with E-state index in [-0.39, 0.29) is 6.54 Å². The van der Waals surface area contributed by atoms with Gasteiger partial charge in [0.15, 0.2) is 0 Å². The van der Waals surface area contributed by atoms with Crippen LogP contribution in [0.15, 0.2) is 29.2 Å². The van der Waals surface area contributed by atoms with Gasteiger partial charge in [-0.15, -0.1) is 11.8 Å². The fourth-order valence-electron chi connectivity index (χ4n) is 1.64. The second-order valence-corrected chi connectivity index (χ2v) is 8.34. The van der Waals surface area contributed by atoms with Crippen molar-refractivity contribution in [2.45, 2.75) is 31.3 Å². The molecule has 1 aromatic carbocycles. The molecule has 118 valence electrons. The molecule has 0 radical (unpaired) electrons. The van der Waals surface area contributed by atoms with Crippen molar-refractivity contribution in [2.75, 3.05) is 23.4 Å². The molecule has 0 atom stereocenters. The number of nitrogens with zero attached hydrogens (tertiary/aromatic N) is 1. The van der Waals surface area contributed by atoms with Gasteiger partial charge < -0.3 is 4.74 Å². The highest BCUT2D eigenvalue weighted by Crippen LogP contribution is 2.22.